The highest BCUT2D eigenvalue weighted by atomic mass is 79.9. The van der Waals surface area contributed by atoms with E-state index >= 15 is 0 Å². The van der Waals surface area contributed by atoms with Gasteiger partial charge in [0.15, 0.2) is 0 Å². The van der Waals surface area contributed by atoms with Crippen molar-refractivity contribution < 1.29 is 8.42 Å². The summed E-state index contributed by atoms with van der Waals surface area (Å²) in [7, 11) is -3.40. The van der Waals surface area contributed by atoms with Crippen molar-refractivity contribution in [2.75, 3.05) is 11.9 Å². The number of sulfonamides is 1. The quantitative estimate of drug-likeness (QED) is 0.602. The van der Waals surface area contributed by atoms with Crippen molar-refractivity contribution >= 4 is 37.6 Å². The van der Waals surface area contributed by atoms with Crippen LogP contribution in [0.25, 0.3) is 0 Å². The van der Waals surface area contributed by atoms with E-state index in [-0.39, 0.29) is 4.90 Å². The summed E-state index contributed by atoms with van der Waals surface area (Å²) in [6.07, 6.45) is 1.83. The zero-order chi connectivity index (χ0) is 13.6. The fourth-order valence-electron chi connectivity index (χ4n) is 1.43. The van der Waals surface area contributed by atoms with Crippen LogP contribution in [0.15, 0.2) is 29.2 Å². The molecule has 0 aliphatic heterocycles. The summed E-state index contributed by atoms with van der Waals surface area (Å²) in [5.74, 6) is 0.560. The normalized spacial score (nSPS) is 13.5. The average molecular weight is 355 g/mol. The molecule has 0 radical (unpaired) electrons. The highest BCUT2D eigenvalue weighted by molar-refractivity contribution is 9.09. The minimum atomic E-state index is -3.40. The standard InChI is InChI=1S/C12H17BrClNO2S/c1-10(9-13)3-2-8-15-18(16,17)12-6-4-11(14)5-7-12/h4-7,10,15H,2-3,8-9H2,1H3. The van der Waals surface area contributed by atoms with Gasteiger partial charge in [-0.1, -0.05) is 34.5 Å². The van der Waals surface area contributed by atoms with Crippen LogP contribution in [-0.2, 0) is 10.0 Å². The van der Waals surface area contributed by atoms with Gasteiger partial charge < -0.3 is 0 Å². The number of benzene rings is 1. The first kappa shape index (κ1) is 16.0. The molecule has 1 aromatic carbocycles. The van der Waals surface area contributed by atoms with E-state index in [1.807, 2.05) is 0 Å². The molecule has 0 saturated heterocycles. The van der Waals surface area contributed by atoms with Crippen LogP contribution < -0.4 is 4.72 Å². The molecule has 102 valence electrons. The van der Waals surface area contributed by atoms with E-state index in [0.29, 0.717) is 17.5 Å². The monoisotopic (exact) mass is 353 g/mol. The summed E-state index contributed by atoms with van der Waals surface area (Å²) in [6.45, 7) is 2.59. The van der Waals surface area contributed by atoms with Crippen molar-refractivity contribution in [3.8, 4) is 0 Å². The molecule has 0 aliphatic rings. The molecule has 0 aromatic heterocycles. The van der Waals surface area contributed by atoms with Crippen molar-refractivity contribution in [1.29, 1.82) is 0 Å². The second-order valence-electron chi connectivity index (χ2n) is 4.25. The number of alkyl halides is 1. The van der Waals surface area contributed by atoms with Crippen LogP contribution >= 0.6 is 27.5 Å². The average Bonchev–Trinajstić information content (AvgIpc) is 2.35. The number of hydrogen-bond donors (Lipinski definition) is 1. The molecule has 0 aliphatic carbocycles. The van der Waals surface area contributed by atoms with Crippen LogP contribution in [0, 0.1) is 5.92 Å². The van der Waals surface area contributed by atoms with Gasteiger partial charge in [0, 0.05) is 16.9 Å². The Morgan fingerprint density at radius 1 is 1.33 bits per heavy atom. The molecule has 0 saturated carbocycles. The Labute approximate surface area is 122 Å². The maximum absolute atomic E-state index is 11.9. The zero-order valence-corrected chi connectivity index (χ0v) is 13.4. The Morgan fingerprint density at radius 2 is 1.94 bits per heavy atom. The number of rotatable bonds is 7. The molecule has 1 aromatic rings. The van der Waals surface area contributed by atoms with Gasteiger partial charge in [-0.15, -0.1) is 0 Å². The highest BCUT2D eigenvalue weighted by Crippen LogP contribution is 2.14. The second-order valence-corrected chi connectivity index (χ2v) is 7.10. The summed E-state index contributed by atoms with van der Waals surface area (Å²) in [6, 6.07) is 6.16. The molecular formula is C12H17BrClNO2S. The molecule has 0 spiro atoms. The van der Waals surface area contributed by atoms with Crippen molar-refractivity contribution in [2.45, 2.75) is 24.7 Å². The van der Waals surface area contributed by atoms with Gasteiger partial charge in [-0.3, -0.25) is 0 Å². The van der Waals surface area contributed by atoms with Crippen LogP contribution in [-0.4, -0.2) is 20.3 Å². The van der Waals surface area contributed by atoms with Crippen LogP contribution in [0.4, 0.5) is 0 Å². The van der Waals surface area contributed by atoms with E-state index in [0.717, 1.165) is 18.2 Å². The van der Waals surface area contributed by atoms with E-state index in [1.165, 1.54) is 12.1 Å². The number of halogens is 2. The smallest absolute Gasteiger partial charge is 0.211 e. The molecule has 1 rings (SSSR count). The van der Waals surface area contributed by atoms with Crippen LogP contribution in [0.5, 0.6) is 0 Å². The second kappa shape index (κ2) is 7.48. The first-order valence-electron chi connectivity index (χ1n) is 5.77. The van der Waals surface area contributed by atoms with Gasteiger partial charge in [0.05, 0.1) is 4.90 Å². The van der Waals surface area contributed by atoms with Crippen LogP contribution in [0.3, 0.4) is 0 Å². The summed E-state index contributed by atoms with van der Waals surface area (Å²) < 4.78 is 26.4. The van der Waals surface area contributed by atoms with Gasteiger partial charge in [-0.05, 0) is 43.0 Å². The van der Waals surface area contributed by atoms with Crippen molar-refractivity contribution in [3.05, 3.63) is 29.3 Å². The molecule has 1 N–H and O–H groups in total. The van der Waals surface area contributed by atoms with E-state index in [2.05, 4.69) is 27.6 Å². The summed E-state index contributed by atoms with van der Waals surface area (Å²) in [4.78, 5) is 0.250. The van der Waals surface area contributed by atoms with Crippen LogP contribution in [0.2, 0.25) is 5.02 Å². The lowest BCUT2D eigenvalue weighted by atomic mass is 10.1. The lowest BCUT2D eigenvalue weighted by Crippen LogP contribution is -2.25. The van der Waals surface area contributed by atoms with Gasteiger partial charge in [0.25, 0.3) is 0 Å². The fraction of sp³-hybridized carbons (Fsp3) is 0.500. The molecule has 0 amide bonds. The lowest BCUT2D eigenvalue weighted by molar-refractivity contribution is 0.546. The van der Waals surface area contributed by atoms with Gasteiger partial charge in [-0.25, -0.2) is 13.1 Å². The molecule has 18 heavy (non-hydrogen) atoms. The third kappa shape index (κ3) is 5.26. The van der Waals surface area contributed by atoms with Gasteiger partial charge in [-0.2, -0.15) is 0 Å². The van der Waals surface area contributed by atoms with Crippen molar-refractivity contribution in [3.63, 3.8) is 0 Å². The van der Waals surface area contributed by atoms with Crippen molar-refractivity contribution in [2.24, 2.45) is 5.92 Å². The summed E-state index contributed by atoms with van der Waals surface area (Å²) >= 11 is 9.12. The fourth-order valence-corrected chi connectivity index (χ4v) is 2.96. The molecule has 0 heterocycles. The minimum absolute atomic E-state index is 0.250. The molecule has 1 atom stereocenters. The van der Waals surface area contributed by atoms with Gasteiger partial charge in [0.2, 0.25) is 10.0 Å². The summed E-state index contributed by atoms with van der Waals surface area (Å²) in [5, 5.41) is 1.47. The SMILES string of the molecule is CC(CBr)CCCNS(=O)(=O)c1ccc(Cl)cc1. The first-order valence-corrected chi connectivity index (χ1v) is 8.75. The Balaban J connectivity index is 2.48. The Morgan fingerprint density at radius 3 is 2.50 bits per heavy atom. The topological polar surface area (TPSA) is 46.2 Å². The molecule has 3 nitrogen and oxygen atoms in total. The molecule has 0 bridgehead atoms. The number of nitrogens with one attached hydrogen (secondary N) is 1. The van der Waals surface area contributed by atoms with E-state index in [9.17, 15) is 8.42 Å². The zero-order valence-electron chi connectivity index (χ0n) is 10.2. The maximum Gasteiger partial charge on any atom is 0.240 e. The van der Waals surface area contributed by atoms with E-state index in [1.54, 1.807) is 12.1 Å². The number of hydrogen-bond acceptors (Lipinski definition) is 2. The molecule has 1 unspecified atom stereocenters. The third-order valence-electron chi connectivity index (χ3n) is 2.55. The van der Waals surface area contributed by atoms with Crippen molar-refractivity contribution in [1.82, 2.24) is 4.72 Å². The first-order chi connectivity index (χ1) is 8.45. The molecule has 6 heteroatoms. The Bertz CT molecular complexity index is 461. The third-order valence-corrected chi connectivity index (χ3v) is 5.39. The van der Waals surface area contributed by atoms with Gasteiger partial charge in [0.1, 0.15) is 0 Å². The van der Waals surface area contributed by atoms with Crippen LogP contribution in [0.1, 0.15) is 19.8 Å². The maximum atomic E-state index is 11.9. The predicted octanol–water partition coefficient (Wildman–Crippen LogP) is 3.43. The van der Waals surface area contributed by atoms with E-state index in [4.69, 9.17) is 11.6 Å². The largest absolute Gasteiger partial charge is 0.240 e. The highest BCUT2D eigenvalue weighted by Gasteiger charge is 2.12. The summed E-state index contributed by atoms with van der Waals surface area (Å²) in [5.41, 5.74) is 0. The van der Waals surface area contributed by atoms with E-state index < -0.39 is 10.0 Å². The Kier molecular flexibility index (Phi) is 6.63. The molecular weight excluding hydrogens is 338 g/mol. The molecule has 0 fully saturated rings. The lowest BCUT2D eigenvalue weighted by Gasteiger charge is -2.09. The minimum Gasteiger partial charge on any atom is -0.211 e. The van der Waals surface area contributed by atoms with Gasteiger partial charge >= 0.3 is 0 Å². The Hall–Kier alpha value is -0.100. The predicted molar refractivity (Wildman–Crippen MR) is 78.8 cm³/mol.